The molecule has 0 fully saturated rings. The van der Waals surface area contributed by atoms with Crippen LogP contribution in [0.4, 0.5) is 0 Å². The third kappa shape index (κ3) is 2.43. The van der Waals surface area contributed by atoms with Crippen LogP contribution < -0.4 is 14.7 Å². The summed E-state index contributed by atoms with van der Waals surface area (Å²) in [5.74, 6) is 1.74. The van der Waals surface area contributed by atoms with Crippen molar-refractivity contribution in [3.63, 3.8) is 0 Å². The maximum absolute atomic E-state index is 5.40. The fourth-order valence-electron chi connectivity index (χ4n) is 3.83. The summed E-state index contributed by atoms with van der Waals surface area (Å²) in [6.45, 7) is 0. The molecule has 5 rings (SSSR count). The van der Waals surface area contributed by atoms with Gasteiger partial charge in [-0.15, -0.1) is 0 Å². The van der Waals surface area contributed by atoms with Gasteiger partial charge in [-0.2, -0.15) is 0 Å². The second kappa shape index (κ2) is 6.06. The van der Waals surface area contributed by atoms with Crippen LogP contribution in [0.1, 0.15) is 5.56 Å². The van der Waals surface area contributed by atoms with Crippen LogP contribution in [0.5, 0.6) is 11.5 Å². The number of para-hydroxylation sites is 1. The Bertz CT molecular complexity index is 1330. The number of aromatic nitrogens is 1. The molecule has 0 radical (unpaired) electrons. The summed E-state index contributed by atoms with van der Waals surface area (Å²) in [4.78, 5) is 0. The summed E-state index contributed by atoms with van der Waals surface area (Å²) >= 11 is 0. The molecular formula is C24H19NO2. The van der Waals surface area contributed by atoms with Crippen molar-refractivity contribution in [2.75, 3.05) is 14.2 Å². The van der Waals surface area contributed by atoms with E-state index in [1.165, 1.54) is 32.5 Å². The SMILES string of the molecule is COc1ccc(/C=c2/c3ccccc3n3c2cc2cc(OC)ccc23)cc1. The van der Waals surface area contributed by atoms with Crippen molar-refractivity contribution in [3.05, 3.63) is 83.6 Å². The lowest BCUT2D eigenvalue weighted by Crippen LogP contribution is -1.98. The summed E-state index contributed by atoms with van der Waals surface area (Å²) in [6, 6.07) is 25.2. The highest BCUT2D eigenvalue weighted by molar-refractivity contribution is 5.99. The molecule has 0 saturated heterocycles. The number of hydrogen-bond donors (Lipinski definition) is 0. The molecule has 0 aliphatic heterocycles. The molecule has 0 saturated carbocycles. The molecule has 0 aliphatic carbocycles. The molecule has 2 aromatic heterocycles. The number of fused-ring (bicyclic) bond motifs is 5. The number of ether oxygens (including phenoxy) is 2. The van der Waals surface area contributed by atoms with E-state index in [-0.39, 0.29) is 0 Å². The van der Waals surface area contributed by atoms with Gasteiger partial charge in [-0.3, -0.25) is 0 Å². The maximum atomic E-state index is 5.40. The lowest BCUT2D eigenvalue weighted by atomic mass is 10.1. The van der Waals surface area contributed by atoms with E-state index >= 15 is 0 Å². The summed E-state index contributed by atoms with van der Waals surface area (Å²) in [5.41, 5.74) is 4.76. The minimum atomic E-state index is 0.866. The zero-order valence-electron chi connectivity index (χ0n) is 15.3. The molecular weight excluding hydrogens is 334 g/mol. The van der Waals surface area contributed by atoms with Crippen LogP contribution in [-0.4, -0.2) is 18.6 Å². The molecule has 5 aromatic rings. The van der Waals surface area contributed by atoms with Gasteiger partial charge in [0.1, 0.15) is 11.5 Å². The van der Waals surface area contributed by atoms with Crippen molar-refractivity contribution in [2.24, 2.45) is 0 Å². The van der Waals surface area contributed by atoms with Crippen LogP contribution in [0.25, 0.3) is 33.4 Å². The Balaban J connectivity index is 1.87. The first-order valence-corrected chi connectivity index (χ1v) is 8.94. The van der Waals surface area contributed by atoms with Gasteiger partial charge < -0.3 is 13.9 Å². The second-order valence-corrected chi connectivity index (χ2v) is 6.64. The summed E-state index contributed by atoms with van der Waals surface area (Å²) in [7, 11) is 3.39. The lowest BCUT2D eigenvalue weighted by molar-refractivity contribution is 0.415. The van der Waals surface area contributed by atoms with Crippen molar-refractivity contribution in [3.8, 4) is 11.5 Å². The van der Waals surface area contributed by atoms with Crippen LogP contribution >= 0.6 is 0 Å². The van der Waals surface area contributed by atoms with E-state index in [0.717, 1.165) is 17.1 Å². The molecule has 27 heavy (non-hydrogen) atoms. The van der Waals surface area contributed by atoms with Gasteiger partial charge in [0.15, 0.2) is 0 Å². The van der Waals surface area contributed by atoms with E-state index in [9.17, 15) is 0 Å². The standard InChI is InChI=1S/C24H19NO2/c1-26-18-9-7-16(8-10-18)13-21-20-5-3-4-6-23(20)25-22-12-11-19(27-2)14-17(22)15-24(21)25/h3-15H,1-2H3/b21-13-. The minimum absolute atomic E-state index is 0.866. The topological polar surface area (TPSA) is 22.9 Å². The Hall–Kier alpha value is -3.46. The molecule has 0 unspecified atom stereocenters. The molecule has 2 heterocycles. The van der Waals surface area contributed by atoms with Gasteiger partial charge in [0.05, 0.1) is 30.8 Å². The Kier molecular flexibility index (Phi) is 3.54. The van der Waals surface area contributed by atoms with E-state index in [1.54, 1.807) is 14.2 Å². The molecule has 132 valence electrons. The monoisotopic (exact) mass is 353 g/mol. The first-order valence-electron chi connectivity index (χ1n) is 8.94. The molecule has 3 aromatic carbocycles. The Labute approximate surface area is 157 Å². The number of benzene rings is 3. The average Bonchev–Trinajstić information content (AvgIpc) is 3.23. The van der Waals surface area contributed by atoms with E-state index < -0.39 is 0 Å². The smallest absolute Gasteiger partial charge is 0.119 e. The predicted octanol–water partition coefficient (Wildman–Crippen LogP) is 4.81. The number of rotatable bonds is 3. The van der Waals surface area contributed by atoms with E-state index in [4.69, 9.17) is 9.47 Å². The van der Waals surface area contributed by atoms with Gasteiger partial charge in [-0.1, -0.05) is 30.3 Å². The number of hydrogen-bond acceptors (Lipinski definition) is 2. The van der Waals surface area contributed by atoms with Gasteiger partial charge in [-0.05, 0) is 54.1 Å². The lowest BCUT2D eigenvalue weighted by Gasteiger charge is -2.00. The molecule has 3 nitrogen and oxygen atoms in total. The van der Waals surface area contributed by atoms with Crippen LogP contribution in [0.3, 0.4) is 0 Å². The van der Waals surface area contributed by atoms with Crippen molar-refractivity contribution in [1.29, 1.82) is 0 Å². The molecule has 0 bridgehead atoms. The van der Waals surface area contributed by atoms with Gasteiger partial charge in [0, 0.05) is 16.0 Å². The Morgan fingerprint density at radius 3 is 2.22 bits per heavy atom. The fraction of sp³-hybridized carbons (Fsp3) is 0.0833. The molecule has 0 N–H and O–H groups in total. The largest absolute Gasteiger partial charge is 0.497 e. The van der Waals surface area contributed by atoms with Crippen molar-refractivity contribution >= 4 is 33.4 Å². The molecule has 0 aliphatic rings. The molecule has 0 amide bonds. The van der Waals surface area contributed by atoms with E-state index in [0.29, 0.717) is 0 Å². The molecule has 0 atom stereocenters. The zero-order chi connectivity index (χ0) is 18.4. The highest BCUT2D eigenvalue weighted by Crippen LogP contribution is 2.28. The third-order valence-electron chi connectivity index (χ3n) is 5.15. The minimum Gasteiger partial charge on any atom is -0.497 e. The van der Waals surface area contributed by atoms with Gasteiger partial charge in [0.25, 0.3) is 0 Å². The van der Waals surface area contributed by atoms with Crippen molar-refractivity contribution in [2.45, 2.75) is 0 Å². The first kappa shape index (κ1) is 15.8. The van der Waals surface area contributed by atoms with Crippen LogP contribution in [0.2, 0.25) is 0 Å². The fourth-order valence-corrected chi connectivity index (χ4v) is 3.83. The molecule has 0 spiro atoms. The maximum Gasteiger partial charge on any atom is 0.119 e. The van der Waals surface area contributed by atoms with Crippen molar-refractivity contribution < 1.29 is 9.47 Å². The predicted molar refractivity (Wildman–Crippen MR) is 111 cm³/mol. The summed E-state index contributed by atoms with van der Waals surface area (Å²) in [5, 5.41) is 3.66. The van der Waals surface area contributed by atoms with Gasteiger partial charge in [0.2, 0.25) is 0 Å². The first-order chi connectivity index (χ1) is 13.3. The third-order valence-corrected chi connectivity index (χ3v) is 5.15. The zero-order valence-corrected chi connectivity index (χ0v) is 15.3. The van der Waals surface area contributed by atoms with E-state index in [1.807, 2.05) is 18.2 Å². The normalized spacial score (nSPS) is 12.3. The Morgan fingerprint density at radius 2 is 1.44 bits per heavy atom. The van der Waals surface area contributed by atoms with Crippen LogP contribution in [0, 0.1) is 0 Å². The quantitative estimate of drug-likeness (QED) is 0.464. The second-order valence-electron chi connectivity index (χ2n) is 6.64. The summed E-state index contributed by atoms with van der Waals surface area (Å²) in [6.07, 6.45) is 2.24. The van der Waals surface area contributed by atoms with Gasteiger partial charge >= 0.3 is 0 Å². The number of nitrogens with zero attached hydrogens (tertiary/aromatic N) is 1. The van der Waals surface area contributed by atoms with Crippen molar-refractivity contribution in [1.82, 2.24) is 4.40 Å². The highest BCUT2D eigenvalue weighted by atomic mass is 16.5. The number of methoxy groups -OCH3 is 2. The van der Waals surface area contributed by atoms with Crippen LogP contribution in [-0.2, 0) is 0 Å². The Morgan fingerprint density at radius 1 is 0.704 bits per heavy atom. The van der Waals surface area contributed by atoms with Crippen LogP contribution in [0.15, 0.2) is 72.8 Å². The highest BCUT2D eigenvalue weighted by Gasteiger charge is 2.12. The molecule has 3 heteroatoms. The van der Waals surface area contributed by atoms with Gasteiger partial charge in [-0.25, -0.2) is 0 Å². The van der Waals surface area contributed by atoms with E-state index in [2.05, 4.69) is 65.1 Å². The summed E-state index contributed by atoms with van der Waals surface area (Å²) < 4.78 is 13.0. The average molecular weight is 353 g/mol.